The summed E-state index contributed by atoms with van der Waals surface area (Å²) in [6.07, 6.45) is 0.660. The lowest BCUT2D eigenvalue weighted by atomic mass is 10.3. The molecule has 1 atom stereocenters. The molecular formula is C6H12NO3P. The molecule has 1 N–H and O–H groups in total. The van der Waals surface area contributed by atoms with Gasteiger partial charge in [-0.3, -0.25) is 4.79 Å². The molecule has 0 aliphatic rings. The molecular weight excluding hydrogens is 165 g/mol. The molecule has 0 saturated heterocycles. The van der Waals surface area contributed by atoms with Gasteiger partial charge in [-0.25, -0.2) is 4.79 Å². The quantitative estimate of drug-likeness (QED) is 0.503. The van der Waals surface area contributed by atoms with E-state index in [2.05, 4.69) is 19.3 Å². The third-order valence-corrected chi connectivity index (χ3v) is 1.34. The Kier molecular flexibility index (Phi) is 5.75. The number of carbonyl (C=O) groups excluding carboxylic acids is 2. The molecule has 0 radical (unpaired) electrons. The maximum atomic E-state index is 10.4. The van der Waals surface area contributed by atoms with Crippen LogP contribution >= 0.6 is 9.24 Å². The third kappa shape index (κ3) is 7.26. The van der Waals surface area contributed by atoms with Crippen molar-refractivity contribution < 1.29 is 14.3 Å². The Hall–Kier alpha value is -0.630. The fourth-order valence-electron chi connectivity index (χ4n) is 0.525. The van der Waals surface area contributed by atoms with Crippen LogP contribution in [-0.2, 0) is 9.53 Å². The van der Waals surface area contributed by atoms with Gasteiger partial charge in [0.25, 0.3) is 0 Å². The number of hydrogen-bond acceptors (Lipinski definition) is 3. The molecule has 1 amide bonds. The average molecular weight is 177 g/mol. The summed E-state index contributed by atoms with van der Waals surface area (Å²) in [5.74, 6) is 0. The number of nitrogens with one attached hydrogen (secondary N) is 1. The van der Waals surface area contributed by atoms with Crippen LogP contribution in [0.2, 0.25) is 0 Å². The van der Waals surface area contributed by atoms with Crippen molar-refractivity contribution in [2.45, 2.75) is 12.8 Å². The molecule has 0 fully saturated rings. The van der Waals surface area contributed by atoms with Crippen molar-refractivity contribution in [3.63, 3.8) is 0 Å². The standard InChI is InChI=1S/C6H12NO3P/c1-10-6(9)7-4-2-3-5(8)11/h2-4,11H2,1H3,(H,7,9). The fraction of sp³-hybridized carbons (Fsp3) is 0.667. The summed E-state index contributed by atoms with van der Waals surface area (Å²) in [6.45, 7) is 0.479. The molecule has 0 heterocycles. The summed E-state index contributed by atoms with van der Waals surface area (Å²) >= 11 is 0. The van der Waals surface area contributed by atoms with Gasteiger partial charge in [0.15, 0.2) is 0 Å². The number of carbonyl (C=O) groups is 2. The highest BCUT2D eigenvalue weighted by Crippen LogP contribution is 1.95. The smallest absolute Gasteiger partial charge is 0.406 e. The van der Waals surface area contributed by atoms with E-state index in [0.717, 1.165) is 0 Å². The van der Waals surface area contributed by atoms with Crippen molar-refractivity contribution in [2.75, 3.05) is 13.7 Å². The first kappa shape index (κ1) is 10.4. The minimum absolute atomic E-state index is 0.0525. The number of hydrogen-bond donors (Lipinski definition) is 1. The van der Waals surface area contributed by atoms with E-state index in [0.29, 0.717) is 19.4 Å². The van der Waals surface area contributed by atoms with Crippen LogP contribution in [0.5, 0.6) is 0 Å². The Morgan fingerprint density at radius 3 is 2.64 bits per heavy atom. The Labute approximate surface area is 67.9 Å². The summed E-state index contributed by atoms with van der Waals surface area (Å²) in [6, 6.07) is 0. The molecule has 0 aromatic carbocycles. The average Bonchev–Trinajstić information content (AvgIpc) is 1.97. The number of ether oxygens (including phenoxy) is 1. The molecule has 0 saturated carbocycles. The van der Waals surface area contributed by atoms with Crippen molar-refractivity contribution in [3.05, 3.63) is 0 Å². The monoisotopic (exact) mass is 177 g/mol. The summed E-state index contributed by atoms with van der Waals surface area (Å²) in [4.78, 5) is 20.8. The maximum absolute atomic E-state index is 10.4. The van der Waals surface area contributed by atoms with Crippen LogP contribution in [-0.4, -0.2) is 25.3 Å². The van der Waals surface area contributed by atoms with Gasteiger partial charge in [0.1, 0.15) is 5.52 Å². The maximum Gasteiger partial charge on any atom is 0.406 e. The predicted octanol–water partition coefficient (Wildman–Crippen LogP) is 0.524. The fourth-order valence-corrected chi connectivity index (χ4v) is 0.729. The molecule has 0 aromatic rings. The molecule has 0 aliphatic carbocycles. The highest BCUT2D eigenvalue weighted by Gasteiger charge is 1.97. The van der Waals surface area contributed by atoms with E-state index in [-0.39, 0.29) is 5.52 Å². The molecule has 1 unspecified atom stereocenters. The summed E-state index contributed by atoms with van der Waals surface area (Å²) < 4.78 is 4.32. The van der Waals surface area contributed by atoms with E-state index in [1.807, 2.05) is 0 Å². The Balaban J connectivity index is 3.14. The lowest BCUT2D eigenvalue weighted by molar-refractivity contribution is -0.111. The van der Waals surface area contributed by atoms with E-state index >= 15 is 0 Å². The van der Waals surface area contributed by atoms with Crippen LogP contribution < -0.4 is 5.32 Å². The van der Waals surface area contributed by atoms with Gasteiger partial charge in [-0.15, -0.1) is 0 Å². The zero-order valence-corrected chi connectivity index (χ0v) is 7.58. The van der Waals surface area contributed by atoms with E-state index in [9.17, 15) is 9.59 Å². The van der Waals surface area contributed by atoms with E-state index in [1.54, 1.807) is 0 Å². The van der Waals surface area contributed by atoms with E-state index in [1.165, 1.54) is 7.11 Å². The van der Waals surface area contributed by atoms with Gasteiger partial charge >= 0.3 is 6.09 Å². The first-order valence-corrected chi connectivity index (χ1v) is 3.84. The molecule has 4 nitrogen and oxygen atoms in total. The zero-order valence-electron chi connectivity index (χ0n) is 6.42. The summed E-state index contributed by atoms with van der Waals surface area (Å²) in [5.41, 5.74) is 0.0525. The number of alkyl carbamates (subject to hydrolysis) is 1. The van der Waals surface area contributed by atoms with Crippen LogP contribution in [0.4, 0.5) is 4.79 Å². The highest BCUT2D eigenvalue weighted by atomic mass is 31.0. The van der Waals surface area contributed by atoms with Gasteiger partial charge in [0, 0.05) is 13.0 Å². The predicted molar refractivity (Wildman–Crippen MR) is 44.4 cm³/mol. The molecule has 0 rings (SSSR count). The van der Waals surface area contributed by atoms with Crippen LogP contribution in [0.25, 0.3) is 0 Å². The normalized spacial score (nSPS) is 8.91. The van der Waals surface area contributed by atoms with Crippen molar-refractivity contribution in [1.82, 2.24) is 5.32 Å². The Morgan fingerprint density at radius 1 is 1.55 bits per heavy atom. The number of amides is 1. The molecule has 5 heteroatoms. The molecule has 11 heavy (non-hydrogen) atoms. The van der Waals surface area contributed by atoms with Gasteiger partial charge in [-0.2, -0.15) is 0 Å². The minimum atomic E-state index is -0.457. The molecule has 0 bridgehead atoms. The van der Waals surface area contributed by atoms with E-state index in [4.69, 9.17) is 0 Å². The van der Waals surface area contributed by atoms with Crippen molar-refractivity contribution in [3.8, 4) is 0 Å². The first-order valence-electron chi connectivity index (χ1n) is 3.27. The Morgan fingerprint density at radius 2 is 2.18 bits per heavy atom. The topological polar surface area (TPSA) is 55.4 Å². The van der Waals surface area contributed by atoms with Crippen LogP contribution in [0.3, 0.4) is 0 Å². The lowest BCUT2D eigenvalue weighted by Crippen LogP contribution is -2.24. The second-order valence-electron chi connectivity index (χ2n) is 1.99. The lowest BCUT2D eigenvalue weighted by Gasteiger charge is -2.00. The molecule has 0 spiro atoms. The van der Waals surface area contributed by atoms with Crippen LogP contribution in [0, 0.1) is 0 Å². The van der Waals surface area contributed by atoms with Crippen molar-refractivity contribution in [1.29, 1.82) is 0 Å². The van der Waals surface area contributed by atoms with Crippen molar-refractivity contribution in [2.24, 2.45) is 0 Å². The second-order valence-corrected chi connectivity index (χ2v) is 2.63. The minimum Gasteiger partial charge on any atom is -0.453 e. The molecule has 0 aliphatic heterocycles. The highest BCUT2D eigenvalue weighted by molar-refractivity contribution is 7.40. The van der Waals surface area contributed by atoms with Gasteiger partial charge in [-0.05, 0) is 6.42 Å². The SMILES string of the molecule is COC(=O)NCCCC(=O)P. The second kappa shape index (κ2) is 6.10. The summed E-state index contributed by atoms with van der Waals surface area (Å²) in [5, 5.41) is 2.47. The van der Waals surface area contributed by atoms with Crippen molar-refractivity contribution >= 4 is 20.9 Å². The first-order chi connectivity index (χ1) is 5.16. The van der Waals surface area contributed by atoms with Gasteiger partial charge in [-0.1, -0.05) is 9.24 Å². The largest absolute Gasteiger partial charge is 0.453 e. The summed E-state index contributed by atoms with van der Waals surface area (Å²) in [7, 11) is 3.38. The Bertz CT molecular complexity index is 149. The van der Waals surface area contributed by atoms with Crippen LogP contribution in [0.1, 0.15) is 12.8 Å². The molecule has 64 valence electrons. The molecule has 0 aromatic heterocycles. The van der Waals surface area contributed by atoms with Crippen LogP contribution in [0.15, 0.2) is 0 Å². The third-order valence-electron chi connectivity index (χ3n) is 1.05. The number of methoxy groups -OCH3 is 1. The number of rotatable bonds is 4. The van der Waals surface area contributed by atoms with Gasteiger partial charge in [0.2, 0.25) is 0 Å². The van der Waals surface area contributed by atoms with E-state index < -0.39 is 6.09 Å². The van der Waals surface area contributed by atoms with Gasteiger partial charge < -0.3 is 10.1 Å². The zero-order chi connectivity index (χ0) is 8.69. The van der Waals surface area contributed by atoms with Gasteiger partial charge in [0.05, 0.1) is 7.11 Å².